The molecule has 0 saturated heterocycles. The van der Waals surface area contributed by atoms with Crippen LogP contribution in [0.4, 0.5) is 0 Å². The Morgan fingerprint density at radius 1 is 1.56 bits per heavy atom. The van der Waals surface area contributed by atoms with Gasteiger partial charge in [-0.05, 0) is 6.07 Å². The quantitative estimate of drug-likeness (QED) is 0.301. The first-order valence-electron chi connectivity index (χ1n) is 4.89. The van der Waals surface area contributed by atoms with Crippen molar-refractivity contribution in [1.29, 1.82) is 0 Å². The maximum atomic E-state index is 10.8. The molecule has 0 atom stereocenters. The molecular formula is C10H15N2O3S+. The van der Waals surface area contributed by atoms with E-state index in [1.54, 1.807) is 18.3 Å². The predicted molar refractivity (Wildman–Crippen MR) is 60.3 cm³/mol. The molecule has 0 aliphatic heterocycles. The van der Waals surface area contributed by atoms with Crippen molar-refractivity contribution in [3.05, 3.63) is 29.6 Å². The molecule has 0 aliphatic carbocycles. The topological polar surface area (TPSA) is 73.4 Å². The average Bonchev–Trinajstić information content (AvgIpc) is 2.26. The van der Waals surface area contributed by atoms with Crippen LogP contribution in [-0.2, 0) is 6.54 Å². The largest absolute Gasteiger partial charge is 0.477 e. The third-order valence-electron chi connectivity index (χ3n) is 2.21. The Bertz CT molecular complexity index is 371. The fourth-order valence-corrected chi connectivity index (χ4v) is 1.70. The first-order valence-corrected chi connectivity index (χ1v) is 5.88. The first-order chi connectivity index (χ1) is 7.65. The summed E-state index contributed by atoms with van der Waals surface area (Å²) in [6.45, 7) is 2.67. The second kappa shape index (κ2) is 6.47. The number of aryl methyl sites for hydroxylation is 2. The summed E-state index contributed by atoms with van der Waals surface area (Å²) in [4.78, 5) is 12.8. The maximum absolute atomic E-state index is 10.8. The summed E-state index contributed by atoms with van der Waals surface area (Å²) in [7, 11) is 0. The number of carbonyl (C=O) groups is 1. The zero-order valence-electron chi connectivity index (χ0n) is 9.01. The molecule has 0 aliphatic rings. The van der Waals surface area contributed by atoms with Gasteiger partial charge >= 0.3 is 5.97 Å². The summed E-state index contributed by atoms with van der Waals surface area (Å²) in [5.41, 5.74) is 1.31. The number of hydrogen-bond acceptors (Lipinski definition) is 4. The van der Waals surface area contributed by atoms with Crippen LogP contribution in [-0.4, -0.2) is 22.0 Å². The van der Waals surface area contributed by atoms with Crippen molar-refractivity contribution in [2.75, 3.05) is 5.75 Å². The fourth-order valence-electron chi connectivity index (χ4n) is 1.34. The van der Waals surface area contributed by atoms with E-state index in [9.17, 15) is 4.79 Å². The molecule has 1 heterocycles. The van der Waals surface area contributed by atoms with Gasteiger partial charge in [0, 0.05) is 25.2 Å². The smallest absolute Gasteiger partial charge is 0.341 e. The second-order valence-electron chi connectivity index (χ2n) is 3.35. The molecule has 5 nitrogen and oxygen atoms in total. The number of hydrogen-bond donors (Lipinski definition) is 3. The molecule has 3 N–H and O–H groups in total. The Kier molecular flexibility index (Phi) is 5.24. The number of aromatic nitrogens is 1. The zero-order chi connectivity index (χ0) is 12.0. The Hall–Kier alpha value is -1.11. The van der Waals surface area contributed by atoms with Gasteiger partial charge in [0.25, 0.3) is 0 Å². The molecule has 0 saturated carbocycles. The standard InChI is InChI=1S/C10H14N2O3S/c1-8-3-4-9(10(13)14)7-12(8)5-2-6-16-11-15/h3-4,7,11,15H,2,5-6H2,1H3/p+1. The number of nitrogens with one attached hydrogen (secondary N) is 1. The third-order valence-corrected chi connectivity index (χ3v) is 2.83. The average molecular weight is 243 g/mol. The summed E-state index contributed by atoms with van der Waals surface area (Å²) in [6, 6.07) is 3.39. The van der Waals surface area contributed by atoms with E-state index in [4.69, 9.17) is 10.3 Å². The van der Waals surface area contributed by atoms with Crippen molar-refractivity contribution in [1.82, 2.24) is 4.89 Å². The van der Waals surface area contributed by atoms with Gasteiger partial charge in [0.1, 0.15) is 12.1 Å². The Morgan fingerprint density at radius 3 is 2.94 bits per heavy atom. The first kappa shape index (κ1) is 13.0. The molecule has 0 radical (unpaired) electrons. The van der Waals surface area contributed by atoms with Gasteiger partial charge in [0.05, 0.1) is 0 Å². The van der Waals surface area contributed by atoms with Crippen LogP contribution in [0.1, 0.15) is 22.5 Å². The highest BCUT2D eigenvalue weighted by Crippen LogP contribution is 2.00. The Balaban J connectivity index is 2.63. The van der Waals surface area contributed by atoms with E-state index >= 15 is 0 Å². The highest BCUT2D eigenvalue weighted by molar-refractivity contribution is 7.97. The molecule has 6 heteroatoms. The van der Waals surface area contributed by atoms with Crippen LogP contribution in [0.2, 0.25) is 0 Å². The van der Waals surface area contributed by atoms with Gasteiger partial charge in [-0.1, -0.05) is 11.9 Å². The molecule has 1 aromatic rings. The molecule has 16 heavy (non-hydrogen) atoms. The lowest BCUT2D eigenvalue weighted by molar-refractivity contribution is -0.702. The minimum atomic E-state index is -0.917. The van der Waals surface area contributed by atoms with E-state index in [2.05, 4.69) is 0 Å². The van der Waals surface area contributed by atoms with Gasteiger partial charge in [-0.3, -0.25) is 0 Å². The van der Waals surface area contributed by atoms with Crippen molar-refractivity contribution in [3.63, 3.8) is 0 Å². The van der Waals surface area contributed by atoms with Crippen LogP contribution in [0.3, 0.4) is 0 Å². The molecule has 0 amide bonds. The number of carboxylic acid groups (broad SMARTS) is 1. The zero-order valence-corrected chi connectivity index (χ0v) is 9.83. The molecule has 0 unspecified atom stereocenters. The third kappa shape index (κ3) is 3.80. The van der Waals surface area contributed by atoms with Crippen LogP contribution in [0, 0.1) is 6.92 Å². The lowest BCUT2D eigenvalue weighted by Gasteiger charge is -2.01. The lowest BCUT2D eigenvalue weighted by atomic mass is 10.2. The number of nitrogens with zero attached hydrogens (tertiary/aromatic N) is 1. The molecule has 0 aromatic carbocycles. The summed E-state index contributed by atoms with van der Waals surface area (Å²) >= 11 is 1.22. The van der Waals surface area contributed by atoms with Crippen molar-refractivity contribution in [2.45, 2.75) is 19.9 Å². The van der Waals surface area contributed by atoms with E-state index in [0.717, 1.165) is 24.4 Å². The molecule has 1 aromatic heterocycles. The van der Waals surface area contributed by atoms with Gasteiger partial charge in [0.15, 0.2) is 11.9 Å². The van der Waals surface area contributed by atoms with Gasteiger partial charge in [-0.25, -0.2) is 9.36 Å². The number of carboxylic acids is 1. The van der Waals surface area contributed by atoms with Gasteiger partial charge < -0.3 is 10.3 Å². The monoisotopic (exact) mass is 243 g/mol. The van der Waals surface area contributed by atoms with Crippen LogP contribution in [0.15, 0.2) is 18.3 Å². The highest BCUT2D eigenvalue weighted by atomic mass is 32.2. The number of aromatic carboxylic acids is 1. The molecule has 1 rings (SSSR count). The van der Waals surface area contributed by atoms with Gasteiger partial charge in [0.2, 0.25) is 0 Å². The van der Waals surface area contributed by atoms with Gasteiger partial charge in [-0.15, -0.1) is 4.89 Å². The normalized spacial score (nSPS) is 10.4. The van der Waals surface area contributed by atoms with E-state index < -0.39 is 5.97 Å². The maximum Gasteiger partial charge on any atom is 0.341 e. The summed E-state index contributed by atoms with van der Waals surface area (Å²) in [6.07, 6.45) is 2.49. The van der Waals surface area contributed by atoms with E-state index in [0.29, 0.717) is 5.56 Å². The molecule has 0 spiro atoms. The fraction of sp³-hybridized carbons (Fsp3) is 0.400. The Labute approximate surface area is 98.2 Å². The van der Waals surface area contributed by atoms with Crippen LogP contribution in [0.5, 0.6) is 0 Å². The van der Waals surface area contributed by atoms with E-state index in [-0.39, 0.29) is 0 Å². The number of pyridine rings is 1. The summed E-state index contributed by atoms with van der Waals surface area (Å²) in [5, 5.41) is 17.2. The van der Waals surface area contributed by atoms with Crippen molar-refractivity contribution in [3.8, 4) is 0 Å². The van der Waals surface area contributed by atoms with E-state index in [1.807, 2.05) is 16.4 Å². The van der Waals surface area contributed by atoms with Crippen molar-refractivity contribution in [2.24, 2.45) is 0 Å². The highest BCUT2D eigenvalue weighted by Gasteiger charge is 2.11. The van der Waals surface area contributed by atoms with E-state index in [1.165, 1.54) is 11.9 Å². The lowest BCUT2D eigenvalue weighted by Crippen LogP contribution is -2.38. The molecular weight excluding hydrogens is 228 g/mol. The van der Waals surface area contributed by atoms with Crippen molar-refractivity contribution >= 4 is 17.9 Å². The minimum absolute atomic E-state index is 0.290. The summed E-state index contributed by atoms with van der Waals surface area (Å²) in [5.74, 6) is -0.152. The summed E-state index contributed by atoms with van der Waals surface area (Å²) < 4.78 is 1.90. The predicted octanol–water partition coefficient (Wildman–Crippen LogP) is 0.998. The number of rotatable bonds is 6. The molecule has 0 fully saturated rings. The van der Waals surface area contributed by atoms with Crippen molar-refractivity contribution < 1.29 is 19.7 Å². The van der Waals surface area contributed by atoms with Crippen LogP contribution >= 0.6 is 11.9 Å². The van der Waals surface area contributed by atoms with Crippen LogP contribution in [0.25, 0.3) is 0 Å². The molecule has 0 bridgehead atoms. The van der Waals surface area contributed by atoms with Crippen LogP contribution < -0.4 is 9.45 Å². The van der Waals surface area contributed by atoms with Gasteiger partial charge in [-0.2, -0.15) is 0 Å². The molecule has 88 valence electrons. The Morgan fingerprint density at radius 2 is 2.31 bits per heavy atom. The minimum Gasteiger partial charge on any atom is -0.477 e. The SMILES string of the molecule is Cc1ccc(C(=O)O)c[n+]1CCCSNO. The second-order valence-corrected chi connectivity index (χ2v) is 4.23.